The van der Waals surface area contributed by atoms with E-state index in [9.17, 15) is 44.3 Å². The van der Waals surface area contributed by atoms with Crippen LogP contribution < -0.4 is 9.47 Å². The molecule has 0 atom stereocenters. The van der Waals surface area contributed by atoms with Gasteiger partial charge in [-0.2, -0.15) is 39.5 Å². The predicted octanol–water partition coefficient (Wildman–Crippen LogP) is 6.48. The fourth-order valence-electron chi connectivity index (χ4n) is 2.40. The summed E-state index contributed by atoms with van der Waals surface area (Å²) < 4.78 is 122. The summed E-state index contributed by atoms with van der Waals surface area (Å²) in [5.74, 6) is -2.26. The van der Waals surface area contributed by atoms with E-state index < -0.39 is 65.7 Å². The number of rotatable bonds is 7. The molecule has 174 valence electrons. The quantitative estimate of drug-likeness (QED) is 0.263. The molecule has 2 aromatic carbocycles. The number of alkyl halides is 9. The van der Waals surface area contributed by atoms with Crippen LogP contribution in [0.4, 0.5) is 39.5 Å². The number of hydrogen-bond donors (Lipinski definition) is 0. The lowest BCUT2D eigenvalue weighted by atomic mass is 10.0. The molecule has 0 fully saturated rings. The monoisotopic (exact) mass is 472 g/mol. The minimum atomic E-state index is -4.78. The first-order chi connectivity index (χ1) is 14.7. The third kappa shape index (κ3) is 7.82. The number of hydrogen-bond acceptors (Lipinski definition) is 3. The van der Waals surface area contributed by atoms with E-state index in [0.29, 0.717) is 12.1 Å². The molecule has 0 saturated carbocycles. The molecule has 0 spiro atoms. The van der Waals surface area contributed by atoms with Crippen molar-refractivity contribution in [2.24, 2.45) is 0 Å². The highest BCUT2D eigenvalue weighted by Gasteiger charge is 2.33. The van der Waals surface area contributed by atoms with Crippen LogP contribution in [-0.2, 0) is 6.18 Å². The van der Waals surface area contributed by atoms with Crippen LogP contribution in [0.1, 0.15) is 21.5 Å². The normalized spacial score (nSPS) is 12.8. The van der Waals surface area contributed by atoms with E-state index in [-0.39, 0.29) is 0 Å². The smallest absolute Gasteiger partial charge is 0.422 e. The van der Waals surface area contributed by atoms with Crippen LogP contribution in [0.2, 0.25) is 0 Å². The van der Waals surface area contributed by atoms with Crippen molar-refractivity contribution >= 4 is 11.9 Å². The molecule has 0 N–H and O–H groups in total. The lowest BCUT2D eigenvalue weighted by molar-refractivity contribution is -0.154. The van der Waals surface area contributed by atoms with Gasteiger partial charge in [-0.05, 0) is 35.9 Å². The van der Waals surface area contributed by atoms with Crippen LogP contribution in [0.25, 0.3) is 6.08 Å². The molecule has 0 aliphatic rings. The molecular formula is C20H13F9O3. The SMILES string of the molecule is O=C(/C=C/c1ccccc1C(F)(F)F)c1cc(OCC(F)(F)F)ccc1OCC(F)(F)F. The Morgan fingerprint density at radius 1 is 0.812 bits per heavy atom. The average molecular weight is 472 g/mol. The summed E-state index contributed by atoms with van der Waals surface area (Å²) in [4.78, 5) is 12.5. The second-order valence-electron chi connectivity index (χ2n) is 6.25. The summed E-state index contributed by atoms with van der Waals surface area (Å²) in [6.45, 7) is -3.55. The Morgan fingerprint density at radius 3 is 2.00 bits per heavy atom. The molecule has 0 unspecified atom stereocenters. The molecule has 3 nitrogen and oxygen atoms in total. The van der Waals surface area contributed by atoms with Crippen molar-refractivity contribution < 1.29 is 53.8 Å². The molecule has 32 heavy (non-hydrogen) atoms. The molecule has 12 heteroatoms. The van der Waals surface area contributed by atoms with Crippen LogP contribution >= 0.6 is 0 Å². The van der Waals surface area contributed by atoms with Gasteiger partial charge >= 0.3 is 18.5 Å². The molecule has 0 aromatic heterocycles. The van der Waals surface area contributed by atoms with Crippen molar-refractivity contribution in [3.8, 4) is 11.5 Å². The van der Waals surface area contributed by atoms with E-state index >= 15 is 0 Å². The minimum absolute atomic E-state index is 0.407. The molecule has 0 saturated heterocycles. The zero-order chi connectivity index (χ0) is 24.2. The Labute approximate surface area is 175 Å². The second kappa shape index (κ2) is 9.53. The van der Waals surface area contributed by atoms with Gasteiger partial charge in [0.05, 0.1) is 11.1 Å². The standard InChI is InChI=1S/C20H13F9O3/c21-18(22,23)10-31-13-6-8-17(32-11-19(24,25)26)14(9-13)16(30)7-5-12-3-1-2-4-15(12)20(27,28)29/h1-9H,10-11H2/b7-5+. The van der Waals surface area contributed by atoms with Gasteiger partial charge in [0.25, 0.3) is 0 Å². The highest BCUT2D eigenvalue weighted by atomic mass is 19.4. The van der Waals surface area contributed by atoms with Gasteiger partial charge in [-0.3, -0.25) is 4.79 Å². The Hall–Kier alpha value is -3.18. The predicted molar refractivity (Wildman–Crippen MR) is 94.4 cm³/mol. The average Bonchev–Trinajstić information content (AvgIpc) is 2.67. The third-order valence-corrected chi connectivity index (χ3v) is 3.69. The minimum Gasteiger partial charge on any atom is -0.484 e. The van der Waals surface area contributed by atoms with Crippen molar-refractivity contribution in [1.29, 1.82) is 0 Å². The topological polar surface area (TPSA) is 35.5 Å². The van der Waals surface area contributed by atoms with E-state index in [0.717, 1.165) is 36.4 Å². The lowest BCUT2D eigenvalue weighted by Crippen LogP contribution is -2.21. The summed E-state index contributed by atoms with van der Waals surface area (Å²) in [5, 5.41) is 0. The number of carbonyl (C=O) groups is 1. The van der Waals surface area contributed by atoms with Gasteiger partial charge in [0.15, 0.2) is 19.0 Å². The van der Waals surface area contributed by atoms with Crippen molar-refractivity contribution in [3.05, 3.63) is 65.2 Å². The van der Waals surface area contributed by atoms with E-state index in [1.807, 2.05) is 0 Å². The number of allylic oxidation sites excluding steroid dienone is 1. The lowest BCUT2D eigenvalue weighted by Gasteiger charge is -2.14. The summed E-state index contributed by atoms with van der Waals surface area (Å²) in [7, 11) is 0. The van der Waals surface area contributed by atoms with Crippen molar-refractivity contribution in [2.75, 3.05) is 13.2 Å². The highest BCUT2D eigenvalue weighted by molar-refractivity contribution is 6.09. The van der Waals surface area contributed by atoms with E-state index in [1.165, 1.54) is 6.07 Å². The summed E-state index contributed by atoms with van der Waals surface area (Å²) in [6.07, 6.45) is -12.8. The van der Waals surface area contributed by atoms with Gasteiger partial charge in [-0.25, -0.2) is 0 Å². The number of halogens is 9. The maximum atomic E-state index is 13.1. The first-order valence-electron chi connectivity index (χ1n) is 8.57. The van der Waals surface area contributed by atoms with Crippen LogP contribution in [0.15, 0.2) is 48.5 Å². The van der Waals surface area contributed by atoms with Gasteiger partial charge in [0.1, 0.15) is 11.5 Å². The Bertz CT molecular complexity index is 974. The fourth-order valence-corrected chi connectivity index (χ4v) is 2.40. The Balaban J connectivity index is 2.37. The number of ketones is 1. The second-order valence-corrected chi connectivity index (χ2v) is 6.25. The summed E-state index contributed by atoms with van der Waals surface area (Å²) in [5.41, 5.74) is -2.11. The van der Waals surface area contributed by atoms with E-state index in [2.05, 4.69) is 9.47 Å². The van der Waals surface area contributed by atoms with Gasteiger partial charge in [0, 0.05) is 0 Å². The van der Waals surface area contributed by atoms with Gasteiger partial charge in [-0.1, -0.05) is 24.3 Å². The number of carbonyl (C=O) groups excluding carboxylic acids is 1. The summed E-state index contributed by atoms with van der Waals surface area (Å²) >= 11 is 0. The molecule has 0 radical (unpaired) electrons. The molecule has 0 amide bonds. The molecule has 0 bridgehead atoms. The third-order valence-electron chi connectivity index (χ3n) is 3.69. The van der Waals surface area contributed by atoms with Crippen LogP contribution in [0.3, 0.4) is 0 Å². The largest absolute Gasteiger partial charge is 0.484 e. The van der Waals surface area contributed by atoms with Gasteiger partial charge in [0.2, 0.25) is 0 Å². The first-order valence-corrected chi connectivity index (χ1v) is 8.57. The van der Waals surface area contributed by atoms with Crippen molar-refractivity contribution in [1.82, 2.24) is 0 Å². The molecule has 0 aliphatic carbocycles. The van der Waals surface area contributed by atoms with E-state index in [1.54, 1.807) is 0 Å². The molecule has 2 aromatic rings. The van der Waals surface area contributed by atoms with Crippen LogP contribution in [0.5, 0.6) is 11.5 Å². The van der Waals surface area contributed by atoms with E-state index in [4.69, 9.17) is 0 Å². The number of benzene rings is 2. The summed E-state index contributed by atoms with van der Waals surface area (Å²) in [6, 6.07) is 6.55. The highest BCUT2D eigenvalue weighted by Crippen LogP contribution is 2.33. The number of ether oxygens (including phenoxy) is 2. The Morgan fingerprint density at radius 2 is 1.41 bits per heavy atom. The molecule has 2 rings (SSSR count). The van der Waals surface area contributed by atoms with Gasteiger partial charge < -0.3 is 9.47 Å². The van der Waals surface area contributed by atoms with Gasteiger partial charge in [-0.15, -0.1) is 0 Å². The van der Waals surface area contributed by atoms with Crippen molar-refractivity contribution in [3.63, 3.8) is 0 Å². The van der Waals surface area contributed by atoms with Crippen LogP contribution in [-0.4, -0.2) is 31.3 Å². The molecular weight excluding hydrogens is 459 g/mol. The maximum absolute atomic E-state index is 13.1. The Kier molecular flexibility index (Phi) is 7.47. The van der Waals surface area contributed by atoms with Crippen molar-refractivity contribution in [2.45, 2.75) is 18.5 Å². The molecule has 0 aliphatic heterocycles. The molecule has 0 heterocycles. The van der Waals surface area contributed by atoms with Crippen LogP contribution in [0, 0.1) is 0 Å². The zero-order valence-corrected chi connectivity index (χ0v) is 15.7. The maximum Gasteiger partial charge on any atom is 0.422 e. The fraction of sp³-hybridized carbons (Fsp3) is 0.250. The zero-order valence-electron chi connectivity index (χ0n) is 15.7. The first kappa shape index (κ1) is 25.1.